The maximum absolute atomic E-state index is 11.6. The summed E-state index contributed by atoms with van der Waals surface area (Å²) >= 11 is 0. The van der Waals surface area contributed by atoms with E-state index in [1.165, 1.54) is 0 Å². The van der Waals surface area contributed by atoms with Crippen LogP contribution in [0.3, 0.4) is 0 Å². The molecule has 0 fully saturated rings. The number of nitriles is 1. The van der Waals surface area contributed by atoms with E-state index in [4.69, 9.17) is 14.4 Å². The first-order chi connectivity index (χ1) is 11.8. The zero-order chi connectivity index (χ0) is 16.8. The Balaban J connectivity index is 1.68. The zero-order valence-corrected chi connectivity index (χ0v) is 12.9. The molecule has 0 bridgehead atoms. The van der Waals surface area contributed by atoms with E-state index >= 15 is 0 Å². The molecule has 0 spiro atoms. The second kappa shape index (κ2) is 7.29. The van der Waals surface area contributed by atoms with Crippen LogP contribution in [0, 0.1) is 11.3 Å². The highest BCUT2D eigenvalue weighted by atomic mass is 16.5. The minimum absolute atomic E-state index is 0.206. The highest BCUT2D eigenvalue weighted by Crippen LogP contribution is 2.20. The van der Waals surface area contributed by atoms with Gasteiger partial charge in [-0.15, -0.1) is 5.10 Å². The molecule has 1 heterocycles. The monoisotopic (exact) mass is 320 g/mol. The first kappa shape index (κ1) is 15.6. The van der Waals surface area contributed by atoms with Crippen LogP contribution in [0.25, 0.3) is 11.5 Å². The standard InChI is InChI=1S/C18H15N3O3/c19-11-4-12-21-18(22)24-17(20-21)15-7-9-16(10-8-15)23-13-14-5-2-1-3-6-14/h1-3,5-10H,4,12-13H2/i18-1. The van der Waals surface area contributed by atoms with Crippen molar-refractivity contribution in [2.75, 3.05) is 0 Å². The Labute approximate surface area is 138 Å². The molecule has 6 nitrogen and oxygen atoms in total. The first-order valence-electron chi connectivity index (χ1n) is 7.48. The molecule has 0 aliphatic rings. The molecule has 0 atom stereocenters. The summed E-state index contributed by atoms with van der Waals surface area (Å²) in [5, 5.41) is 12.7. The fourth-order valence-corrected chi connectivity index (χ4v) is 2.15. The third-order valence-electron chi connectivity index (χ3n) is 3.39. The van der Waals surface area contributed by atoms with E-state index in [0.717, 1.165) is 10.2 Å². The van der Waals surface area contributed by atoms with Crippen molar-refractivity contribution in [2.24, 2.45) is 0 Å². The SMILES string of the molecule is N#CCCn1nc(-c2ccc(OCc3ccccc3)cc2)o[11c]1=O. The quantitative estimate of drug-likeness (QED) is 0.697. The van der Waals surface area contributed by atoms with Crippen LogP contribution in [0.5, 0.6) is 5.75 Å². The Morgan fingerprint density at radius 2 is 1.88 bits per heavy atom. The fourth-order valence-electron chi connectivity index (χ4n) is 2.15. The highest BCUT2D eigenvalue weighted by molar-refractivity contribution is 5.53. The van der Waals surface area contributed by atoms with Crippen LogP contribution in [0.15, 0.2) is 63.8 Å². The lowest BCUT2D eigenvalue weighted by molar-refractivity contribution is 0.306. The van der Waals surface area contributed by atoms with E-state index in [2.05, 4.69) is 5.10 Å². The molecule has 0 saturated carbocycles. The van der Waals surface area contributed by atoms with Gasteiger partial charge >= 0.3 is 5.76 Å². The van der Waals surface area contributed by atoms with E-state index in [9.17, 15) is 4.79 Å². The van der Waals surface area contributed by atoms with Gasteiger partial charge in [0, 0.05) is 5.56 Å². The van der Waals surface area contributed by atoms with Gasteiger partial charge in [-0.1, -0.05) is 30.3 Å². The van der Waals surface area contributed by atoms with Crippen molar-refractivity contribution in [2.45, 2.75) is 19.6 Å². The van der Waals surface area contributed by atoms with Crippen LogP contribution in [0.4, 0.5) is 0 Å². The third-order valence-corrected chi connectivity index (χ3v) is 3.39. The number of nitrogens with zero attached hydrogens (tertiary/aromatic N) is 3. The molecule has 0 saturated heterocycles. The smallest absolute Gasteiger partial charge is 0.437 e. The van der Waals surface area contributed by atoms with E-state index in [-0.39, 0.29) is 18.9 Å². The Morgan fingerprint density at radius 3 is 2.58 bits per heavy atom. The topological polar surface area (TPSA) is 81.1 Å². The molecule has 0 radical (unpaired) electrons. The molecule has 0 aliphatic carbocycles. The summed E-state index contributed by atoms with van der Waals surface area (Å²) in [7, 11) is 0. The lowest BCUT2D eigenvalue weighted by Gasteiger charge is -2.06. The molecule has 120 valence electrons. The van der Waals surface area contributed by atoms with Gasteiger partial charge in [0.2, 0.25) is 5.89 Å². The zero-order valence-electron chi connectivity index (χ0n) is 12.9. The number of aromatic nitrogens is 2. The van der Waals surface area contributed by atoms with E-state index in [1.807, 2.05) is 36.4 Å². The Kier molecular flexibility index (Phi) is 4.73. The van der Waals surface area contributed by atoms with Crippen molar-refractivity contribution in [3.05, 3.63) is 70.7 Å². The fraction of sp³-hybridized carbons (Fsp3) is 0.167. The van der Waals surface area contributed by atoms with Gasteiger partial charge in [0.15, 0.2) is 0 Å². The van der Waals surface area contributed by atoms with Gasteiger partial charge in [-0.05, 0) is 29.8 Å². The van der Waals surface area contributed by atoms with Gasteiger partial charge in [0.25, 0.3) is 0 Å². The van der Waals surface area contributed by atoms with Crippen LogP contribution in [0.1, 0.15) is 12.0 Å². The van der Waals surface area contributed by atoms with Gasteiger partial charge in [-0.2, -0.15) is 9.94 Å². The molecule has 6 heteroatoms. The average molecular weight is 320 g/mol. The molecule has 0 aliphatic heterocycles. The second-order valence-corrected chi connectivity index (χ2v) is 5.10. The van der Waals surface area contributed by atoms with Crippen LogP contribution >= 0.6 is 0 Å². The van der Waals surface area contributed by atoms with Crippen molar-refractivity contribution < 1.29 is 9.15 Å². The molecule has 24 heavy (non-hydrogen) atoms. The maximum atomic E-state index is 11.6. The first-order valence-corrected chi connectivity index (χ1v) is 7.48. The van der Waals surface area contributed by atoms with Crippen molar-refractivity contribution >= 4 is 0 Å². The van der Waals surface area contributed by atoms with Gasteiger partial charge in [0.1, 0.15) is 12.4 Å². The van der Waals surface area contributed by atoms with Crippen molar-refractivity contribution in [3.63, 3.8) is 0 Å². The maximum Gasteiger partial charge on any atom is 0.437 e. The second-order valence-electron chi connectivity index (χ2n) is 5.10. The van der Waals surface area contributed by atoms with Crippen molar-refractivity contribution in [1.82, 2.24) is 9.78 Å². The van der Waals surface area contributed by atoms with Gasteiger partial charge in [-0.25, -0.2) is 4.79 Å². The Morgan fingerprint density at radius 1 is 1.12 bits per heavy atom. The summed E-state index contributed by atoms with van der Waals surface area (Å²) in [5.41, 5.74) is 1.76. The Bertz CT molecular complexity index is 890. The van der Waals surface area contributed by atoms with Crippen LogP contribution < -0.4 is 10.5 Å². The number of ether oxygens (including phenoxy) is 1. The molecular formula is C18H15N3O3. The average Bonchev–Trinajstić information content (AvgIpc) is 3.00. The molecule has 0 N–H and O–H groups in total. The molecule has 1 aromatic heterocycles. The summed E-state index contributed by atoms with van der Waals surface area (Å²) in [6.45, 7) is 0.704. The van der Waals surface area contributed by atoms with Gasteiger partial charge < -0.3 is 9.15 Å². The van der Waals surface area contributed by atoms with Crippen molar-refractivity contribution in [3.8, 4) is 23.3 Å². The number of hydrogen-bond acceptors (Lipinski definition) is 5. The van der Waals surface area contributed by atoms with E-state index in [1.54, 1.807) is 24.3 Å². The molecule has 3 aromatic rings. The van der Waals surface area contributed by atoms with Crippen LogP contribution in [-0.2, 0) is 13.2 Å². The summed E-state index contributed by atoms with van der Waals surface area (Å²) in [6.07, 6.45) is 0.206. The number of benzene rings is 2. The van der Waals surface area contributed by atoms with Crippen molar-refractivity contribution in [1.29, 1.82) is 5.26 Å². The van der Waals surface area contributed by atoms with Gasteiger partial charge in [-0.3, -0.25) is 0 Å². The summed E-state index contributed by atoms with van der Waals surface area (Å²) < 4.78 is 12.0. The molecule has 3 rings (SSSR count). The van der Waals surface area contributed by atoms with E-state index in [0.29, 0.717) is 17.9 Å². The summed E-state index contributed by atoms with van der Waals surface area (Å²) in [6, 6.07) is 19.0. The normalized spacial score (nSPS) is 10.3. The third kappa shape index (κ3) is 3.70. The number of hydrogen-bond donors (Lipinski definition) is 0. The largest absolute Gasteiger partial charge is 0.489 e. The predicted octanol–water partition coefficient (Wildman–Crippen LogP) is 3.00. The minimum atomic E-state index is -0.565. The summed E-state index contributed by atoms with van der Waals surface area (Å²) in [5.74, 6) is 0.381. The highest BCUT2D eigenvalue weighted by Gasteiger charge is 2.10. The number of rotatable bonds is 6. The molecule has 0 amide bonds. The van der Waals surface area contributed by atoms with E-state index < -0.39 is 5.76 Å². The Hall–Kier alpha value is -3.33. The lowest BCUT2D eigenvalue weighted by atomic mass is 10.2. The molecular weight excluding hydrogens is 305 g/mol. The van der Waals surface area contributed by atoms with Gasteiger partial charge in [0.05, 0.1) is 19.0 Å². The summed E-state index contributed by atoms with van der Waals surface area (Å²) in [4.78, 5) is 11.6. The predicted molar refractivity (Wildman–Crippen MR) is 87.2 cm³/mol. The molecule has 0 unspecified atom stereocenters. The lowest BCUT2D eigenvalue weighted by Crippen LogP contribution is -2.15. The molecule has 2 aromatic carbocycles. The van der Waals surface area contributed by atoms with Crippen LogP contribution in [0.2, 0.25) is 0 Å². The minimum Gasteiger partial charge on any atom is -0.489 e. The number of aryl methyl sites for hydroxylation is 1. The van der Waals surface area contributed by atoms with Crippen LogP contribution in [-0.4, -0.2) is 9.78 Å².